The minimum absolute atomic E-state index is 0.0652. The van der Waals surface area contributed by atoms with Crippen molar-refractivity contribution in [2.75, 3.05) is 4.72 Å². The van der Waals surface area contributed by atoms with Gasteiger partial charge in [0.25, 0.3) is 10.0 Å². The second kappa shape index (κ2) is 8.49. The van der Waals surface area contributed by atoms with E-state index in [1.807, 2.05) is 24.5 Å². The molecule has 0 radical (unpaired) electrons. The number of hydrogen-bond donors (Lipinski definition) is 1. The number of rotatable bonds is 6. The van der Waals surface area contributed by atoms with Crippen LogP contribution in [0, 0.1) is 25.2 Å². The van der Waals surface area contributed by atoms with Gasteiger partial charge in [-0.2, -0.15) is 5.26 Å². The highest BCUT2D eigenvalue weighted by molar-refractivity contribution is 7.92. The molecule has 0 bridgehead atoms. The van der Waals surface area contributed by atoms with E-state index >= 15 is 0 Å². The van der Waals surface area contributed by atoms with E-state index in [2.05, 4.69) is 19.7 Å². The average molecular weight is 446 g/mol. The summed E-state index contributed by atoms with van der Waals surface area (Å²) < 4.78 is 35.2. The van der Waals surface area contributed by atoms with Crippen LogP contribution in [0.3, 0.4) is 0 Å². The maximum atomic E-state index is 12.5. The zero-order valence-electron chi connectivity index (χ0n) is 17.2. The van der Waals surface area contributed by atoms with Crippen LogP contribution in [0.2, 0.25) is 0 Å². The van der Waals surface area contributed by atoms with Crippen LogP contribution < -0.4 is 9.46 Å². The molecule has 0 amide bonds. The van der Waals surface area contributed by atoms with Gasteiger partial charge in [0.2, 0.25) is 5.88 Å². The minimum atomic E-state index is -3.78. The van der Waals surface area contributed by atoms with Crippen molar-refractivity contribution < 1.29 is 13.2 Å². The predicted octanol–water partition coefficient (Wildman–Crippen LogP) is 3.74. The van der Waals surface area contributed by atoms with Gasteiger partial charge < -0.3 is 4.74 Å². The van der Waals surface area contributed by atoms with E-state index < -0.39 is 10.0 Å². The van der Waals surface area contributed by atoms with Crippen molar-refractivity contribution in [3.8, 4) is 23.5 Å². The number of benzene rings is 2. The zero-order chi connectivity index (χ0) is 22.7. The standard InChI is InChI=1S/C22H18N6O3S/c1-15-16(2)28(14-26-15)21-11-22(25-13-24-21)31-19-7-5-18(6-8-19)27-32(29,30)20-9-3-17(12-23)4-10-20/h3-11,13-14,27H,1-2H3. The second-order valence-electron chi connectivity index (χ2n) is 6.87. The van der Waals surface area contributed by atoms with Crippen molar-refractivity contribution in [1.29, 1.82) is 5.26 Å². The molecular formula is C22H18N6O3S. The number of ether oxygens (including phenoxy) is 1. The van der Waals surface area contributed by atoms with E-state index in [0.29, 0.717) is 28.7 Å². The van der Waals surface area contributed by atoms with Crippen LogP contribution >= 0.6 is 0 Å². The number of nitrogens with one attached hydrogen (secondary N) is 1. The van der Waals surface area contributed by atoms with Crippen LogP contribution in [0.5, 0.6) is 11.6 Å². The van der Waals surface area contributed by atoms with E-state index in [9.17, 15) is 8.42 Å². The number of hydrogen-bond acceptors (Lipinski definition) is 7. The maximum absolute atomic E-state index is 12.5. The van der Waals surface area contributed by atoms with Gasteiger partial charge in [0.15, 0.2) is 0 Å². The lowest BCUT2D eigenvalue weighted by Gasteiger charge is -2.10. The number of nitrogens with zero attached hydrogens (tertiary/aromatic N) is 5. The molecule has 9 nitrogen and oxygen atoms in total. The first kappa shape index (κ1) is 21.0. The molecule has 2 heterocycles. The van der Waals surface area contributed by atoms with Crippen molar-refractivity contribution in [3.63, 3.8) is 0 Å². The molecule has 0 atom stereocenters. The van der Waals surface area contributed by atoms with Gasteiger partial charge in [0, 0.05) is 17.4 Å². The molecule has 0 aliphatic rings. The zero-order valence-corrected chi connectivity index (χ0v) is 18.0. The van der Waals surface area contributed by atoms with Crippen LogP contribution in [0.25, 0.3) is 5.82 Å². The lowest BCUT2D eigenvalue weighted by Crippen LogP contribution is -2.12. The quantitative estimate of drug-likeness (QED) is 0.478. The molecule has 2 aromatic heterocycles. The third-order valence-corrected chi connectivity index (χ3v) is 6.15. The van der Waals surface area contributed by atoms with Gasteiger partial charge in [0.1, 0.15) is 24.2 Å². The Kier molecular flexibility index (Phi) is 5.57. The summed E-state index contributed by atoms with van der Waals surface area (Å²) in [6.07, 6.45) is 3.09. The Hall–Kier alpha value is -4.23. The molecule has 0 spiro atoms. The van der Waals surface area contributed by atoms with Gasteiger partial charge in [-0.15, -0.1) is 0 Å². The van der Waals surface area contributed by atoms with Crippen molar-refractivity contribution in [3.05, 3.63) is 84.2 Å². The fourth-order valence-electron chi connectivity index (χ4n) is 2.88. The summed E-state index contributed by atoms with van der Waals surface area (Å²) in [5.74, 6) is 1.45. The van der Waals surface area contributed by atoms with Gasteiger partial charge in [-0.25, -0.2) is 23.4 Å². The Morgan fingerprint density at radius 3 is 2.34 bits per heavy atom. The molecule has 0 fully saturated rings. The van der Waals surface area contributed by atoms with Crippen LogP contribution in [-0.2, 0) is 10.0 Å². The van der Waals surface area contributed by atoms with Crippen molar-refractivity contribution >= 4 is 15.7 Å². The molecule has 10 heteroatoms. The van der Waals surface area contributed by atoms with E-state index in [-0.39, 0.29) is 4.90 Å². The van der Waals surface area contributed by atoms with Crippen molar-refractivity contribution in [2.24, 2.45) is 0 Å². The molecule has 0 unspecified atom stereocenters. The Morgan fingerprint density at radius 1 is 1.00 bits per heavy atom. The number of nitriles is 1. The highest BCUT2D eigenvalue weighted by Gasteiger charge is 2.14. The Labute approximate surface area is 185 Å². The summed E-state index contributed by atoms with van der Waals surface area (Å²) in [6.45, 7) is 3.87. The maximum Gasteiger partial charge on any atom is 0.261 e. The smallest absolute Gasteiger partial charge is 0.261 e. The molecular weight excluding hydrogens is 428 g/mol. The van der Waals surface area contributed by atoms with E-state index in [1.54, 1.807) is 36.7 Å². The first-order chi connectivity index (χ1) is 15.4. The van der Waals surface area contributed by atoms with E-state index in [4.69, 9.17) is 10.00 Å². The Balaban J connectivity index is 1.48. The summed E-state index contributed by atoms with van der Waals surface area (Å²) in [7, 11) is -3.78. The lowest BCUT2D eigenvalue weighted by molar-refractivity contribution is 0.461. The predicted molar refractivity (Wildman–Crippen MR) is 117 cm³/mol. The molecule has 4 rings (SSSR count). The molecule has 0 saturated carbocycles. The van der Waals surface area contributed by atoms with Crippen LogP contribution in [0.15, 0.2) is 72.1 Å². The van der Waals surface area contributed by atoms with E-state index in [0.717, 1.165) is 11.4 Å². The van der Waals surface area contributed by atoms with Crippen molar-refractivity contribution in [1.82, 2.24) is 19.5 Å². The van der Waals surface area contributed by atoms with Gasteiger partial charge >= 0.3 is 0 Å². The first-order valence-electron chi connectivity index (χ1n) is 9.49. The summed E-state index contributed by atoms with van der Waals surface area (Å²) >= 11 is 0. The van der Waals surface area contributed by atoms with Crippen LogP contribution in [-0.4, -0.2) is 27.9 Å². The van der Waals surface area contributed by atoms with Gasteiger partial charge in [-0.05, 0) is 62.4 Å². The second-order valence-corrected chi connectivity index (χ2v) is 8.55. The third-order valence-electron chi connectivity index (χ3n) is 4.75. The van der Waals surface area contributed by atoms with E-state index in [1.165, 1.54) is 30.6 Å². The number of aryl methyl sites for hydroxylation is 1. The molecule has 0 aliphatic heterocycles. The molecule has 0 aliphatic carbocycles. The fourth-order valence-corrected chi connectivity index (χ4v) is 3.94. The summed E-state index contributed by atoms with van der Waals surface area (Å²) in [5.41, 5.74) is 2.63. The molecule has 32 heavy (non-hydrogen) atoms. The number of anilines is 1. The largest absolute Gasteiger partial charge is 0.439 e. The third kappa shape index (κ3) is 4.43. The van der Waals surface area contributed by atoms with Crippen LogP contribution in [0.1, 0.15) is 17.0 Å². The van der Waals surface area contributed by atoms with Gasteiger partial charge in [-0.3, -0.25) is 9.29 Å². The molecule has 160 valence electrons. The molecule has 2 aromatic carbocycles. The average Bonchev–Trinajstić information content (AvgIpc) is 3.13. The SMILES string of the molecule is Cc1ncn(-c2cc(Oc3ccc(NS(=O)(=O)c4ccc(C#N)cc4)cc3)ncn2)c1C. The topological polar surface area (TPSA) is 123 Å². The minimum Gasteiger partial charge on any atom is -0.439 e. The van der Waals surface area contributed by atoms with Gasteiger partial charge in [0.05, 0.1) is 22.2 Å². The van der Waals surface area contributed by atoms with Crippen LogP contribution in [0.4, 0.5) is 5.69 Å². The molecule has 1 N–H and O–H groups in total. The highest BCUT2D eigenvalue weighted by Crippen LogP contribution is 2.24. The Bertz CT molecular complexity index is 1410. The summed E-state index contributed by atoms with van der Waals surface area (Å²) in [4.78, 5) is 12.7. The summed E-state index contributed by atoms with van der Waals surface area (Å²) in [5, 5.41) is 8.85. The highest BCUT2D eigenvalue weighted by atomic mass is 32.2. The monoisotopic (exact) mass is 446 g/mol. The number of imidazole rings is 1. The van der Waals surface area contributed by atoms with Gasteiger partial charge in [-0.1, -0.05) is 0 Å². The fraction of sp³-hybridized carbons (Fsp3) is 0.0909. The number of aromatic nitrogens is 4. The normalized spacial score (nSPS) is 11.0. The van der Waals surface area contributed by atoms with Crippen molar-refractivity contribution in [2.45, 2.75) is 18.7 Å². The number of sulfonamides is 1. The molecule has 0 saturated heterocycles. The first-order valence-corrected chi connectivity index (χ1v) is 11.0. The summed E-state index contributed by atoms with van der Waals surface area (Å²) in [6, 6.07) is 15.7. The molecule has 4 aromatic rings. The Morgan fingerprint density at radius 2 is 1.72 bits per heavy atom. The lowest BCUT2D eigenvalue weighted by atomic mass is 10.2.